The van der Waals surface area contributed by atoms with Crippen molar-refractivity contribution in [2.24, 2.45) is 0 Å². The predicted molar refractivity (Wildman–Crippen MR) is 414 cm³/mol. The van der Waals surface area contributed by atoms with E-state index in [2.05, 4.69) is 168 Å². The van der Waals surface area contributed by atoms with Crippen LogP contribution < -0.4 is 25.9 Å². The lowest BCUT2D eigenvalue weighted by Crippen LogP contribution is -2.36. The first-order valence-corrected chi connectivity index (χ1v) is 38.8. The van der Waals surface area contributed by atoms with Gasteiger partial charge in [0.15, 0.2) is 5.71 Å². The van der Waals surface area contributed by atoms with Gasteiger partial charge in [0.05, 0.1) is 16.9 Å². The highest BCUT2D eigenvalue weighted by molar-refractivity contribution is 7.86. The van der Waals surface area contributed by atoms with Crippen molar-refractivity contribution >= 4 is 89.9 Å². The Bertz CT molecular complexity index is 4800. The standard InChI is InChI=1S/C82H93B2N5O12S2/c1-58(2)80(90)85-47-24-48-86(54-62-25-7-15-35-73(62)83(91)92)56-69-65-29-9-11-31-67(65)70(68-32-12-10-30-66(68)69)57-87(55-63-26-8-16-36-74(63)84(93)94)53-59-39-43-64(44-40-59)101-79-60(41-45-77-81(3,4)71-33-13-17-37-75(71)88(77)49-19-21-51-102(95,96)97)27-23-28-61(79)42-46-78-82(5,6)72-34-14-18-38-76(72)89(78)50-20-22-52-103(98,99)100/h7-18,25-26,29-46,91-94H,1,19-24,27-28,47-57H2,2-6H3,(H2-,85,90,95,96,97,98,99,100)/p+1. The number of para-hydroxylation sites is 2. The van der Waals surface area contributed by atoms with Crippen LogP contribution in [0.15, 0.2) is 229 Å². The number of allylic oxidation sites excluding steroid dienone is 7. The molecule has 1 aliphatic carbocycles. The van der Waals surface area contributed by atoms with Crippen LogP contribution in [0.2, 0.25) is 0 Å². The normalized spacial score (nSPS) is 15.9. The van der Waals surface area contributed by atoms with Gasteiger partial charge >= 0.3 is 14.2 Å². The predicted octanol–water partition coefficient (Wildman–Crippen LogP) is 12.0. The number of amides is 1. The second kappa shape index (κ2) is 33.0. The number of fused-ring (bicyclic) bond motifs is 4. The minimum atomic E-state index is -4.13. The molecule has 11 rings (SSSR count). The summed E-state index contributed by atoms with van der Waals surface area (Å²) in [6.45, 7) is 18.6. The van der Waals surface area contributed by atoms with Crippen molar-refractivity contribution in [3.05, 3.63) is 268 Å². The minimum Gasteiger partial charge on any atom is -0.457 e. The number of unbranched alkanes of at least 4 members (excludes halogenated alkanes) is 2. The summed E-state index contributed by atoms with van der Waals surface area (Å²) in [4.78, 5) is 19.5. The van der Waals surface area contributed by atoms with E-state index in [0.29, 0.717) is 126 Å². The zero-order chi connectivity index (χ0) is 73.2. The van der Waals surface area contributed by atoms with Crippen LogP contribution in [0.4, 0.5) is 11.4 Å². The summed E-state index contributed by atoms with van der Waals surface area (Å²) >= 11 is 0. The van der Waals surface area contributed by atoms with Gasteiger partial charge in [0, 0.05) is 98.9 Å². The zero-order valence-corrected chi connectivity index (χ0v) is 61.1. The molecule has 2 aliphatic heterocycles. The maximum atomic E-state index is 12.6. The molecule has 21 heteroatoms. The van der Waals surface area contributed by atoms with E-state index in [4.69, 9.17) is 4.74 Å². The summed E-state index contributed by atoms with van der Waals surface area (Å²) in [5.41, 5.74) is 13.6. The molecule has 0 saturated carbocycles. The monoisotopic (exact) mass is 1430 g/mol. The maximum absolute atomic E-state index is 12.6. The first kappa shape index (κ1) is 75.6. The quantitative estimate of drug-likeness (QED) is 0.00518. The molecule has 2 heterocycles. The molecule has 1 amide bonds. The summed E-state index contributed by atoms with van der Waals surface area (Å²) in [5.74, 6) is 0.502. The molecule has 7 N–H and O–H groups in total. The zero-order valence-electron chi connectivity index (χ0n) is 59.5. The van der Waals surface area contributed by atoms with Crippen molar-refractivity contribution < 1.29 is 60.1 Å². The highest BCUT2D eigenvalue weighted by atomic mass is 32.2. The number of hydrogen-bond donors (Lipinski definition) is 7. The van der Waals surface area contributed by atoms with Crippen LogP contribution in [0.25, 0.3) is 21.5 Å². The van der Waals surface area contributed by atoms with Gasteiger partial charge in [-0.25, -0.2) is 0 Å². The van der Waals surface area contributed by atoms with E-state index in [9.17, 15) is 50.8 Å². The molecule has 8 aromatic carbocycles. The van der Waals surface area contributed by atoms with Crippen LogP contribution in [0.5, 0.6) is 5.75 Å². The molecule has 0 bridgehead atoms. The number of ether oxygens (including phenoxy) is 1. The molecule has 0 radical (unpaired) electrons. The summed E-state index contributed by atoms with van der Waals surface area (Å²) in [6.07, 6.45) is 13.3. The molecule has 0 aromatic heterocycles. The second-order valence-electron chi connectivity index (χ2n) is 28.4. The van der Waals surface area contributed by atoms with Crippen LogP contribution in [0.3, 0.4) is 0 Å². The van der Waals surface area contributed by atoms with Crippen molar-refractivity contribution in [1.29, 1.82) is 0 Å². The molecular formula is C82H94B2N5O12S2+. The Labute approximate surface area is 607 Å². The highest BCUT2D eigenvalue weighted by Crippen LogP contribution is 2.48. The van der Waals surface area contributed by atoms with Crippen LogP contribution in [0.1, 0.15) is 125 Å². The van der Waals surface area contributed by atoms with Crippen molar-refractivity contribution in [2.45, 2.75) is 130 Å². The largest absolute Gasteiger partial charge is 0.488 e. The Morgan fingerprint density at radius 3 is 1.73 bits per heavy atom. The lowest BCUT2D eigenvalue weighted by Gasteiger charge is -2.28. The van der Waals surface area contributed by atoms with E-state index in [1.165, 1.54) is 0 Å². The topological polar surface area (TPSA) is 241 Å². The number of benzene rings is 8. The molecule has 3 aliphatic rings. The highest BCUT2D eigenvalue weighted by Gasteiger charge is 2.44. The third-order valence-electron chi connectivity index (χ3n) is 20.3. The van der Waals surface area contributed by atoms with Crippen LogP contribution >= 0.6 is 0 Å². The molecule has 0 unspecified atom stereocenters. The Morgan fingerprint density at radius 2 is 1.14 bits per heavy atom. The fourth-order valence-corrected chi connectivity index (χ4v) is 16.2. The fourth-order valence-electron chi connectivity index (χ4n) is 15.1. The molecule has 536 valence electrons. The summed E-state index contributed by atoms with van der Waals surface area (Å²) in [7, 11) is -11.6. The summed E-state index contributed by atoms with van der Waals surface area (Å²) < 4.78 is 76.0. The molecule has 0 saturated heterocycles. The molecule has 103 heavy (non-hydrogen) atoms. The first-order valence-electron chi connectivity index (χ1n) is 35.5. The average Bonchev–Trinajstić information content (AvgIpc) is 1.71. The van der Waals surface area contributed by atoms with Gasteiger partial charge in [0.2, 0.25) is 11.6 Å². The number of carbonyl (C=O) groups excluding carboxylic acids is 1. The van der Waals surface area contributed by atoms with Gasteiger partial charge in [-0.3, -0.25) is 23.7 Å². The lowest BCUT2D eigenvalue weighted by molar-refractivity contribution is -0.438. The summed E-state index contributed by atoms with van der Waals surface area (Å²) in [5, 5.41) is 49.7. The van der Waals surface area contributed by atoms with Gasteiger partial charge in [0.1, 0.15) is 18.1 Å². The Kier molecular flexibility index (Phi) is 24.2. The van der Waals surface area contributed by atoms with E-state index >= 15 is 0 Å². The average molecular weight is 1430 g/mol. The van der Waals surface area contributed by atoms with Crippen molar-refractivity contribution in [3.8, 4) is 5.75 Å². The fraction of sp³-hybridized carbons (Fsp3) is 0.317. The van der Waals surface area contributed by atoms with E-state index in [1.807, 2.05) is 60.7 Å². The number of nitrogens with one attached hydrogen (secondary N) is 1. The Balaban J connectivity index is 0.959. The SMILES string of the molecule is C=C(C)C(=O)NCCCN(Cc1ccccc1B(O)O)Cc1c2ccccc2c(CN(Cc2ccc(OC3=C(/C=C/C4=[N+](CCCCS(=O)(=O)O)c5ccccc5C4(C)C)CCC/C3=C\C=C3\N(CCCCS(=O)(=O)O)c4ccccc4C3(C)C)cc2)Cc2ccccc2B(O)O)c2ccccc12. The minimum absolute atomic E-state index is 0.205. The van der Waals surface area contributed by atoms with Crippen molar-refractivity contribution in [3.63, 3.8) is 0 Å². The van der Waals surface area contributed by atoms with Crippen molar-refractivity contribution in [2.75, 3.05) is 42.6 Å². The third kappa shape index (κ3) is 18.3. The molecule has 0 fully saturated rings. The van der Waals surface area contributed by atoms with E-state index in [-0.39, 0.29) is 17.4 Å². The smallest absolute Gasteiger partial charge is 0.457 e. The molecular weight excluding hydrogens is 1330 g/mol. The molecule has 8 aromatic rings. The third-order valence-corrected chi connectivity index (χ3v) is 21.9. The maximum Gasteiger partial charge on any atom is 0.488 e. The number of hydrogen-bond acceptors (Lipinski definition) is 13. The van der Waals surface area contributed by atoms with Crippen LogP contribution in [0, 0.1) is 0 Å². The van der Waals surface area contributed by atoms with Crippen LogP contribution in [-0.2, 0) is 68.6 Å². The summed E-state index contributed by atoms with van der Waals surface area (Å²) in [6, 6.07) is 56.3. The lowest BCUT2D eigenvalue weighted by atomic mass is 9.77. The number of nitrogens with zero attached hydrogens (tertiary/aromatic N) is 4. The number of rotatable bonds is 32. The number of carbonyl (C=O) groups is 1. The van der Waals surface area contributed by atoms with Crippen LogP contribution in [-0.4, -0.2) is 124 Å². The van der Waals surface area contributed by atoms with E-state index in [0.717, 1.165) is 107 Å². The van der Waals surface area contributed by atoms with E-state index < -0.39 is 45.3 Å². The molecule has 0 spiro atoms. The number of anilines is 1. The Morgan fingerprint density at radius 1 is 0.602 bits per heavy atom. The van der Waals surface area contributed by atoms with Crippen molar-refractivity contribution in [1.82, 2.24) is 15.1 Å². The Hall–Kier alpha value is -8.57. The molecule has 17 nitrogen and oxygen atoms in total. The first-order chi connectivity index (χ1) is 49.3. The van der Waals surface area contributed by atoms with Gasteiger partial charge in [-0.05, 0) is 173 Å². The van der Waals surface area contributed by atoms with Gasteiger partial charge in [-0.2, -0.15) is 21.4 Å². The second-order valence-corrected chi connectivity index (χ2v) is 31.6. The van der Waals surface area contributed by atoms with Gasteiger partial charge in [0.25, 0.3) is 20.2 Å². The van der Waals surface area contributed by atoms with Gasteiger partial charge in [-0.15, -0.1) is 0 Å². The van der Waals surface area contributed by atoms with Gasteiger partial charge in [-0.1, -0.05) is 172 Å². The molecule has 0 atom stereocenters. The van der Waals surface area contributed by atoms with E-state index in [1.54, 1.807) is 31.2 Å². The van der Waals surface area contributed by atoms with Gasteiger partial charge < -0.3 is 35.0 Å².